The van der Waals surface area contributed by atoms with Gasteiger partial charge >= 0.3 is 0 Å². The van der Waals surface area contributed by atoms with Gasteiger partial charge < -0.3 is 9.72 Å². The molecule has 1 heterocycles. The largest absolute Gasteiger partial charge is 0.497 e. The van der Waals surface area contributed by atoms with Gasteiger partial charge in [0.25, 0.3) is 0 Å². The van der Waals surface area contributed by atoms with Crippen LogP contribution in [-0.2, 0) is 0 Å². The zero-order valence-electron chi connectivity index (χ0n) is 10.5. The Bertz CT molecular complexity index is 697. The summed E-state index contributed by atoms with van der Waals surface area (Å²) in [6.45, 7) is 2.11. The fraction of sp³-hybridized carbons (Fsp3) is 0.125. The van der Waals surface area contributed by atoms with E-state index >= 15 is 0 Å². The third-order valence-corrected chi connectivity index (χ3v) is 3.22. The number of benzene rings is 2. The number of fused-ring (bicyclic) bond motifs is 1. The minimum atomic E-state index is 0.884. The van der Waals surface area contributed by atoms with Crippen LogP contribution in [0.1, 0.15) is 5.56 Å². The van der Waals surface area contributed by atoms with Gasteiger partial charge in [-0.2, -0.15) is 0 Å². The van der Waals surface area contributed by atoms with Crippen LogP contribution < -0.4 is 4.74 Å². The van der Waals surface area contributed by atoms with Crippen LogP contribution in [0.15, 0.2) is 48.7 Å². The Morgan fingerprint density at radius 1 is 1.06 bits per heavy atom. The lowest BCUT2D eigenvalue weighted by Crippen LogP contribution is -1.83. The molecular weight excluding hydrogens is 222 g/mol. The van der Waals surface area contributed by atoms with E-state index in [4.69, 9.17) is 4.74 Å². The molecule has 90 valence electrons. The van der Waals surface area contributed by atoms with Gasteiger partial charge in [-0.15, -0.1) is 0 Å². The van der Waals surface area contributed by atoms with Gasteiger partial charge in [0.2, 0.25) is 0 Å². The van der Waals surface area contributed by atoms with Crippen molar-refractivity contribution in [1.82, 2.24) is 4.98 Å². The molecule has 2 aromatic carbocycles. The van der Waals surface area contributed by atoms with Crippen LogP contribution in [0, 0.1) is 6.92 Å². The molecule has 0 radical (unpaired) electrons. The molecule has 18 heavy (non-hydrogen) atoms. The normalized spacial score (nSPS) is 10.8. The van der Waals surface area contributed by atoms with Crippen LogP contribution in [0.5, 0.6) is 5.75 Å². The number of aryl methyl sites for hydroxylation is 1. The Kier molecular flexibility index (Phi) is 2.56. The van der Waals surface area contributed by atoms with Crippen molar-refractivity contribution in [2.45, 2.75) is 6.92 Å². The molecule has 2 heteroatoms. The number of methoxy groups -OCH3 is 1. The van der Waals surface area contributed by atoms with Crippen molar-refractivity contribution < 1.29 is 4.74 Å². The van der Waals surface area contributed by atoms with Gasteiger partial charge in [0.05, 0.1) is 7.11 Å². The molecule has 0 aliphatic heterocycles. The Morgan fingerprint density at radius 2 is 1.94 bits per heavy atom. The van der Waals surface area contributed by atoms with Gasteiger partial charge in [-0.1, -0.05) is 23.8 Å². The van der Waals surface area contributed by atoms with E-state index in [1.807, 2.05) is 12.1 Å². The minimum Gasteiger partial charge on any atom is -0.497 e. The van der Waals surface area contributed by atoms with Gasteiger partial charge in [0, 0.05) is 22.7 Å². The number of aromatic nitrogens is 1. The van der Waals surface area contributed by atoms with Crippen molar-refractivity contribution in [2.75, 3.05) is 7.11 Å². The summed E-state index contributed by atoms with van der Waals surface area (Å²) in [6.07, 6.45) is 2.05. The van der Waals surface area contributed by atoms with Crippen LogP contribution in [-0.4, -0.2) is 12.1 Å². The number of aromatic amines is 1. The molecule has 3 aromatic rings. The molecule has 0 aliphatic rings. The van der Waals surface area contributed by atoms with E-state index in [0.717, 1.165) is 5.75 Å². The minimum absolute atomic E-state index is 0.884. The van der Waals surface area contributed by atoms with E-state index < -0.39 is 0 Å². The SMILES string of the molecule is COc1cccc(-c2c[nH]c3ccc(C)cc23)c1. The lowest BCUT2D eigenvalue weighted by molar-refractivity contribution is 0.415. The number of ether oxygens (including phenoxy) is 1. The second-order valence-corrected chi connectivity index (χ2v) is 4.48. The van der Waals surface area contributed by atoms with Crippen molar-refractivity contribution in [3.05, 3.63) is 54.2 Å². The summed E-state index contributed by atoms with van der Waals surface area (Å²) >= 11 is 0. The summed E-state index contributed by atoms with van der Waals surface area (Å²) in [6, 6.07) is 14.6. The second kappa shape index (κ2) is 4.22. The Labute approximate surface area is 106 Å². The van der Waals surface area contributed by atoms with Crippen molar-refractivity contribution >= 4 is 10.9 Å². The maximum atomic E-state index is 5.28. The molecule has 0 bridgehead atoms. The highest BCUT2D eigenvalue weighted by molar-refractivity contribution is 5.96. The molecule has 0 fully saturated rings. The van der Waals surface area contributed by atoms with Crippen molar-refractivity contribution in [1.29, 1.82) is 0 Å². The van der Waals surface area contributed by atoms with Gasteiger partial charge in [0.15, 0.2) is 0 Å². The maximum absolute atomic E-state index is 5.28. The number of hydrogen-bond donors (Lipinski definition) is 1. The molecule has 0 spiro atoms. The first-order valence-electron chi connectivity index (χ1n) is 6.00. The maximum Gasteiger partial charge on any atom is 0.119 e. The fourth-order valence-electron chi connectivity index (χ4n) is 2.26. The predicted octanol–water partition coefficient (Wildman–Crippen LogP) is 4.15. The highest BCUT2D eigenvalue weighted by atomic mass is 16.5. The third kappa shape index (κ3) is 1.76. The predicted molar refractivity (Wildman–Crippen MR) is 75.0 cm³/mol. The van der Waals surface area contributed by atoms with Gasteiger partial charge in [-0.05, 0) is 36.8 Å². The first-order valence-corrected chi connectivity index (χ1v) is 6.00. The van der Waals surface area contributed by atoms with E-state index in [0.29, 0.717) is 0 Å². The Morgan fingerprint density at radius 3 is 2.78 bits per heavy atom. The highest BCUT2D eigenvalue weighted by Crippen LogP contribution is 2.31. The van der Waals surface area contributed by atoms with Crippen LogP contribution in [0.2, 0.25) is 0 Å². The number of H-pyrrole nitrogens is 1. The van der Waals surface area contributed by atoms with Crippen LogP contribution in [0.4, 0.5) is 0 Å². The van der Waals surface area contributed by atoms with Crippen molar-refractivity contribution in [3.8, 4) is 16.9 Å². The molecule has 1 aromatic heterocycles. The Hall–Kier alpha value is -2.22. The molecule has 3 rings (SSSR count). The molecule has 0 unspecified atom stereocenters. The summed E-state index contributed by atoms with van der Waals surface area (Å²) in [5.74, 6) is 0.884. The van der Waals surface area contributed by atoms with E-state index in [1.165, 1.54) is 27.6 Å². The molecule has 0 saturated heterocycles. The molecule has 0 amide bonds. The van der Waals surface area contributed by atoms with E-state index in [1.54, 1.807) is 7.11 Å². The molecular formula is C16H15NO. The van der Waals surface area contributed by atoms with Crippen molar-refractivity contribution in [3.63, 3.8) is 0 Å². The zero-order chi connectivity index (χ0) is 12.5. The topological polar surface area (TPSA) is 25.0 Å². The molecule has 0 aliphatic carbocycles. The fourth-order valence-corrected chi connectivity index (χ4v) is 2.26. The number of hydrogen-bond acceptors (Lipinski definition) is 1. The van der Waals surface area contributed by atoms with E-state index in [-0.39, 0.29) is 0 Å². The smallest absolute Gasteiger partial charge is 0.119 e. The summed E-state index contributed by atoms with van der Waals surface area (Å²) in [7, 11) is 1.69. The average Bonchev–Trinajstić information content (AvgIpc) is 2.81. The van der Waals surface area contributed by atoms with Gasteiger partial charge in [0.1, 0.15) is 5.75 Å². The Balaban J connectivity index is 2.21. The van der Waals surface area contributed by atoms with E-state index in [9.17, 15) is 0 Å². The third-order valence-electron chi connectivity index (χ3n) is 3.22. The molecule has 2 nitrogen and oxygen atoms in total. The van der Waals surface area contributed by atoms with Crippen LogP contribution >= 0.6 is 0 Å². The number of rotatable bonds is 2. The van der Waals surface area contributed by atoms with Crippen LogP contribution in [0.3, 0.4) is 0 Å². The quantitative estimate of drug-likeness (QED) is 0.711. The van der Waals surface area contributed by atoms with Crippen LogP contribution in [0.25, 0.3) is 22.0 Å². The average molecular weight is 237 g/mol. The zero-order valence-corrected chi connectivity index (χ0v) is 10.5. The first-order chi connectivity index (χ1) is 8.78. The molecule has 0 atom stereocenters. The second-order valence-electron chi connectivity index (χ2n) is 4.48. The van der Waals surface area contributed by atoms with E-state index in [2.05, 4.69) is 48.4 Å². The summed E-state index contributed by atoms with van der Waals surface area (Å²) < 4.78 is 5.28. The van der Waals surface area contributed by atoms with Gasteiger partial charge in [-0.25, -0.2) is 0 Å². The summed E-state index contributed by atoms with van der Waals surface area (Å²) in [5, 5.41) is 1.25. The van der Waals surface area contributed by atoms with Crippen molar-refractivity contribution in [2.24, 2.45) is 0 Å². The van der Waals surface area contributed by atoms with Gasteiger partial charge in [-0.3, -0.25) is 0 Å². The lowest BCUT2D eigenvalue weighted by Gasteiger charge is -2.04. The monoisotopic (exact) mass is 237 g/mol. The molecule has 0 saturated carbocycles. The highest BCUT2D eigenvalue weighted by Gasteiger charge is 2.06. The lowest BCUT2D eigenvalue weighted by atomic mass is 10.0. The first kappa shape index (κ1) is 10.9. The number of nitrogens with one attached hydrogen (secondary N) is 1. The summed E-state index contributed by atoms with van der Waals surface area (Å²) in [4.78, 5) is 3.31. The standard InChI is InChI=1S/C16H15NO/c1-11-6-7-16-14(8-11)15(10-17-16)12-4-3-5-13(9-12)18-2/h3-10,17H,1-2H3. The molecule has 1 N–H and O–H groups in total. The summed E-state index contributed by atoms with van der Waals surface area (Å²) in [5.41, 5.74) is 4.82.